The number of rotatable bonds is 4. The Bertz CT molecular complexity index is 1120. The zero-order valence-electron chi connectivity index (χ0n) is 19.4. The van der Waals surface area contributed by atoms with E-state index in [2.05, 4.69) is 22.3 Å². The Morgan fingerprint density at radius 1 is 1.21 bits per heavy atom. The van der Waals surface area contributed by atoms with Crippen LogP contribution in [0.3, 0.4) is 0 Å². The van der Waals surface area contributed by atoms with Crippen LogP contribution >= 0.6 is 0 Å². The van der Waals surface area contributed by atoms with Crippen molar-refractivity contribution in [3.05, 3.63) is 58.7 Å². The first-order valence-corrected chi connectivity index (χ1v) is 11.9. The maximum absolute atomic E-state index is 13.0. The molecule has 3 atom stereocenters. The molecule has 0 radical (unpaired) electrons. The first-order valence-electron chi connectivity index (χ1n) is 11.9. The molecule has 2 bridgehead atoms. The van der Waals surface area contributed by atoms with E-state index in [0.717, 1.165) is 17.7 Å². The normalized spacial score (nSPS) is 28.7. The molecule has 2 aromatic rings. The van der Waals surface area contributed by atoms with Gasteiger partial charge in [-0.1, -0.05) is 35.8 Å². The second-order valence-electron chi connectivity index (χ2n) is 10.2. The van der Waals surface area contributed by atoms with Crippen molar-refractivity contribution in [3.63, 3.8) is 0 Å². The van der Waals surface area contributed by atoms with E-state index < -0.39 is 11.0 Å². The van der Waals surface area contributed by atoms with Gasteiger partial charge in [0.2, 0.25) is 0 Å². The van der Waals surface area contributed by atoms with Crippen LogP contribution in [-0.4, -0.2) is 66.4 Å². The summed E-state index contributed by atoms with van der Waals surface area (Å²) in [7, 11) is 4.06. The number of phenolic OH excluding ortho intramolecular Hbond substituents is 1. The van der Waals surface area contributed by atoms with Gasteiger partial charge in [0.25, 0.3) is 5.91 Å². The van der Waals surface area contributed by atoms with Crippen molar-refractivity contribution in [3.8, 4) is 5.75 Å². The summed E-state index contributed by atoms with van der Waals surface area (Å²) >= 11 is 0. The van der Waals surface area contributed by atoms with Crippen LogP contribution in [0, 0.1) is 0 Å². The lowest BCUT2D eigenvalue weighted by Gasteiger charge is -2.62. The van der Waals surface area contributed by atoms with Crippen LogP contribution in [0.1, 0.15) is 52.7 Å². The molecule has 33 heavy (non-hydrogen) atoms. The van der Waals surface area contributed by atoms with Gasteiger partial charge in [0.15, 0.2) is 0 Å². The maximum Gasteiger partial charge on any atom is 0.255 e. The molecule has 1 heterocycles. The van der Waals surface area contributed by atoms with Gasteiger partial charge in [-0.2, -0.15) is 0 Å². The van der Waals surface area contributed by atoms with Crippen molar-refractivity contribution < 1.29 is 19.8 Å². The Morgan fingerprint density at radius 2 is 1.97 bits per heavy atom. The number of carbonyl (C=O) groups is 2. The average Bonchev–Trinajstić information content (AvgIpc) is 2.78. The lowest BCUT2D eigenvalue weighted by Crippen LogP contribution is -2.72. The summed E-state index contributed by atoms with van der Waals surface area (Å²) in [5.74, 6) is -0.292. The molecule has 5 rings (SSSR count). The third kappa shape index (κ3) is 3.40. The van der Waals surface area contributed by atoms with Gasteiger partial charge in [-0.25, -0.2) is 0 Å². The number of likely N-dealkylation sites (N-methyl/N-ethyl adjacent to an activating group) is 1. The smallest absolute Gasteiger partial charge is 0.255 e. The Kier molecular flexibility index (Phi) is 5.37. The summed E-state index contributed by atoms with van der Waals surface area (Å²) in [6.45, 7) is 1.20. The van der Waals surface area contributed by atoms with Crippen LogP contribution in [0.5, 0.6) is 5.75 Å². The number of Topliss-reactive ketones (excluding diaryl/α,β-unsaturated/α-hetero) is 1. The minimum Gasteiger partial charge on any atom is -0.507 e. The number of hydrogen-bond acceptors (Lipinski definition) is 5. The van der Waals surface area contributed by atoms with Gasteiger partial charge in [0.05, 0.1) is 11.2 Å². The first-order chi connectivity index (χ1) is 15.7. The molecule has 2 aliphatic carbocycles. The molecular weight excluding hydrogens is 415 g/mol. The molecule has 3 aliphatic rings. The van der Waals surface area contributed by atoms with Gasteiger partial charge < -0.3 is 20.4 Å². The number of ketones is 1. The maximum atomic E-state index is 13.0. The van der Waals surface area contributed by atoms with Crippen molar-refractivity contribution >= 4 is 25.0 Å². The van der Waals surface area contributed by atoms with E-state index >= 15 is 0 Å². The van der Waals surface area contributed by atoms with Gasteiger partial charge >= 0.3 is 0 Å². The van der Waals surface area contributed by atoms with Gasteiger partial charge in [0, 0.05) is 36.4 Å². The van der Waals surface area contributed by atoms with Crippen molar-refractivity contribution in [2.75, 3.05) is 20.1 Å². The molecule has 172 valence electrons. The third-order valence-electron chi connectivity index (χ3n) is 8.31. The van der Waals surface area contributed by atoms with Gasteiger partial charge in [0.1, 0.15) is 19.4 Å². The Morgan fingerprint density at radius 3 is 2.73 bits per heavy atom. The lowest BCUT2D eigenvalue weighted by atomic mass is 9.49. The standard InChI is InChI=1S/C26H31BN2O4/c1-29-13-11-25-15-19(30)8-10-26(25,33)21(29)14-17-4-7-20(23(31)22(17)25)24(32)28-12-9-16-2-5-18(27)6-3-16/h2-7,21,31,33H,8-15,27H2,1H3,(H,28,32)/t21-,25-,26-/m1/s1. The number of likely N-dealkylation sites (tertiary alicyclic amines) is 1. The second-order valence-corrected chi connectivity index (χ2v) is 10.2. The predicted octanol–water partition coefficient (Wildman–Crippen LogP) is 0.605. The van der Waals surface area contributed by atoms with Crippen molar-refractivity contribution in [1.29, 1.82) is 0 Å². The van der Waals surface area contributed by atoms with Crippen molar-refractivity contribution in [1.82, 2.24) is 10.2 Å². The van der Waals surface area contributed by atoms with Gasteiger partial charge in [-0.3, -0.25) is 9.59 Å². The van der Waals surface area contributed by atoms with E-state index in [1.807, 2.05) is 33.1 Å². The fourth-order valence-electron chi connectivity index (χ4n) is 6.48. The average molecular weight is 446 g/mol. The topological polar surface area (TPSA) is 89.9 Å². The summed E-state index contributed by atoms with van der Waals surface area (Å²) < 4.78 is 0. The number of nitrogens with zero attached hydrogens (tertiary/aromatic N) is 1. The zero-order chi connectivity index (χ0) is 23.4. The number of benzene rings is 2. The predicted molar refractivity (Wildman–Crippen MR) is 129 cm³/mol. The van der Waals surface area contributed by atoms with E-state index in [1.165, 1.54) is 5.46 Å². The summed E-state index contributed by atoms with van der Waals surface area (Å²) in [5, 5.41) is 26.2. The number of hydrogen-bond donors (Lipinski definition) is 3. The number of piperidine rings is 1. The number of fused-ring (bicyclic) bond motifs is 1. The summed E-state index contributed by atoms with van der Waals surface area (Å²) in [6, 6.07) is 11.7. The van der Waals surface area contributed by atoms with Crippen LogP contribution in [-0.2, 0) is 23.1 Å². The third-order valence-corrected chi connectivity index (χ3v) is 8.31. The minimum atomic E-state index is -1.08. The molecule has 1 saturated carbocycles. The molecule has 0 unspecified atom stereocenters. The summed E-state index contributed by atoms with van der Waals surface area (Å²) in [6.07, 6.45) is 2.85. The molecule has 1 amide bonds. The number of nitrogens with one attached hydrogen (secondary N) is 1. The molecule has 0 spiro atoms. The number of aliphatic hydroxyl groups is 1. The highest BCUT2D eigenvalue weighted by Gasteiger charge is 2.65. The quantitative estimate of drug-likeness (QED) is 0.599. The second kappa shape index (κ2) is 7.99. The highest BCUT2D eigenvalue weighted by atomic mass is 16.3. The van der Waals surface area contributed by atoms with E-state index in [0.29, 0.717) is 44.2 Å². The van der Waals surface area contributed by atoms with Gasteiger partial charge in [-0.05, 0) is 56.5 Å². The van der Waals surface area contributed by atoms with E-state index in [9.17, 15) is 19.8 Å². The molecule has 0 aromatic heterocycles. The van der Waals surface area contributed by atoms with Gasteiger partial charge in [-0.15, -0.1) is 0 Å². The van der Waals surface area contributed by atoms with Crippen molar-refractivity contribution in [2.24, 2.45) is 0 Å². The number of aromatic hydroxyl groups is 1. The summed E-state index contributed by atoms with van der Waals surface area (Å²) in [4.78, 5) is 27.8. The first kappa shape index (κ1) is 22.2. The molecule has 6 nitrogen and oxygen atoms in total. The highest BCUT2D eigenvalue weighted by molar-refractivity contribution is 6.32. The summed E-state index contributed by atoms with van der Waals surface area (Å²) in [5.41, 5.74) is 2.17. The molecule has 1 aliphatic heterocycles. The highest BCUT2D eigenvalue weighted by Crippen LogP contribution is 2.59. The van der Waals surface area contributed by atoms with Crippen LogP contribution in [0.15, 0.2) is 36.4 Å². The van der Waals surface area contributed by atoms with Crippen LogP contribution in [0.4, 0.5) is 0 Å². The van der Waals surface area contributed by atoms with E-state index in [1.54, 1.807) is 6.07 Å². The van der Waals surface area contributed by atoms with Crippen LogP contribution in [0.25, 0.3) is 0 Å². The largest absolute Gasteiger partial charge is 0.507 e. The minimum absolute atomic E-state index is 0.0727. The lowest BCUT2D eigenvalue weighted by molar-refractivity contribution is -0.169. The van der Waals surface area contributed by atoms with E-state index in [4.69, 9.17) is 0 Å². The Balaban J connectivity index is 1.45. The number of amides is 1. The molecule has 3 N–H and O–H groups in total. The van der Waals surface area contributed by atoms with Crippen LogP contribution < -0.4 is 10.8 Å². The molecule has 1 saturated heterocycles. The number of carbonyl (C=O) groups excluding carboxylic acids is 2. The molecule has 2 fully saturated rings. The fourth-order valence-corrected chi connectivity index (χ4v) is 6.48. The molecule has 7 heteroatoms. The Labute approximate surface area is 195 Å². The fraction of sp³-hybridized carbons (Fsp3) is 0.462. The zero-order valence-corrected chi connectivity index (χ0v) is 19.4. The molecule has 2 aromatic carbocycles. The van der Waals surface area contributed by atoms with Crippen molar-refractivity contribution in [2.45, 2.75) is 55.6 Å². The Hall–Kier alpha value is -2.64. The van der Waals surface area contributed by atoms with E-state index in [-0.39, 0.29) is 35.5 Å². The SMILES string of the molecule is Bc1ccc(CCNC(=O)c2ccc3c(c2O)[C@]24CCN(C)[C@H](C3)[C@]2(O)CCC(=O)C4)cc1. The monoisotopic (exact) mass is 446 g/mol. The molecular formula is C26H31BN2O4. The van der Waals surface area contributed by atoms with Crippen LogP contribution in [0.2, 0.25) is 0 Å². The number of phenols is 1.